The van der Waals surface area contributed by atoms with E-state index in [4.69, 9.17) is 18.7 Å². The summed E-state index contributed by atoms with van der Waals surface area (Å²) in [5.41, 5.74) is 3.00. The molecule has 0 fully saturated rings. The maximum absolute atomic E-state index is 11.9. The van der Waals surface area contributed by atoms with Gasteiger partial charge in [-0.2, -0.15) is 4.98 Å². The highest BCUT2D eigenvalue weighted by molar-refractivity contribution is 5.71. The van der Waals surface area contributed by atoms with E-state index in [9.17, 15) is 4.79 Å². The second-order valence-corrected chi connectivity index (χ2v) is 5.98. The molecule has 1 heterocycles. The smallest absolute Gasteiger partial charge is 0.344 e. The largest absolute Gasteiger partial charge is 0.493 e. The Labute approximate surface area is 156 Å². The Morgan fingerprint density at radius 2 is 1.78 bits per heavy atom. The molecular formula is C20H20N2O5. The topological polar surface area (TPSA) is 83.7 Å². The highest BCUT2D eigenvalue weighted by atomic mass is 16.6. The van der Waals surface area contributed by atoms with Gasteiger partial charge in [-0.25, -0.2) is 4.79 Å². The molecule has 0 unspecified atom stereocenters. The van der Waals surface area contributed by atoms with Gasteiger partial charge in [-0.3, -0.25) is 0 Å². The van der Waals surface area contributed by atoms with Gasteiger partial charge in [-0.1, -0.05) is 41.1 Å². The van der Waals surface area contributed by atoms with Gasteiger partial charge in [0.2, 0.25) is 5.82 Å². The van der Waals surface area contributed by atoms with Gasteiger partial charge >= 0.3 is 5.97 Å². The zero-order valence-electron chi connectivity index (χ0n) is 15.4. The fraction of sp³-hybridized carbons (Fsp3) is 0.250. The van der Waals surface area contributed by atoms with Crippen LogP contribution in [0.25, 0.3) is 11.4 Å². The molecule has 0 amide bonds. The van der Waals surface area contributed by atoms with Crippen molar-refractivity contribution < 1.29 is 23.5 Å². The lowest BCUT2D eigenvalue weighted by molar-refractivity contribution is -0.148. The summed E-state index contributed by atoms with van der Waals surface area (Å²) in [5, 5.41) is 3.89. The Morgan fingerprint density at radius 1 is 1.04 bits per heavy atom. The van der Waals surface area contributed by atoms with Crippen molar-refractivity contribution in [3.05, 3.63) is 59.5 Å². The fourth-order valence-corrected chi connectivity index (χ4v) is 2.35. The number of rotatable bonds is 7. The lowest BCUT2D eigenvalue weighted by Gasteiger charge is -2.10. The van der Waals surface area contributed by atoms with Crippen molar-refractivity contribution in [2.75, 3.05) is 13.7 Å². The van der Waals surface area contributed by atoms with E-state index in [2.05, 4.69) is 10.1 Å². The third-order valence-electron chi connectivity index (χ3n) is 3.80. The minimum Gasteiger partial charge on any atom is -0.493 e. The second kappa shape index (κ2) is 8.35. The van der Waals surface area contributed by atoms with E-state index in [-0.39, 0.29) is 19.1 Å². The third-order valence-corrected chi connectivity index (χ3v) is 3.80. The maximum atomic E-state index is 11.9. The number of benzene rings is 2. The van der Waals surface area contributed by atoms with Gasteiger partial charge in [-0.05, 0) is 31.5 Å². The summed E-state index contributed by atoms with van der Waals surface area (Å²) < 4.78 is 20.9. The molecule has 1 aromatic heterocycles. The SMILES string of the molecule is COc1cc(C)ccc1OCC(=O)OCc1nc(-c2ccc(C)cc2)no1. The highest BCUT2D eigenvalue weighted by Gasteiger charge is 2.13. The zero-order chi connectivity index (χ0) is 19.2. The van der Waals surface area contributed by atoms with Gasteiger partial charge in [0.25, 0.3) is 5.89 Å². The van der Waals surface area contributed by atoms with Gasteiger partial charge < -0.3 is 18.7 Å². The van der Waals surface area contributed by atoms with E-state index in [1.165, 1.54) is 0 Å². The molecular weight excluding hydrogens is 348 g/mol. The number of aryl methyl sites for hydroxylation is 2. The first-order valence-electron chi connectivity index (χ1n) is 8.38. The summed E-state index contributed by atoms with van der Waals surface area (Å²) in [4.78, 5) is 16.1. The molecule has 0 N–H and O–H groups in total. The first-order chi connectivity index (χ1) is 13.0. The van der Waals surface area contributed by atoms with Crippen molar-refractivity contribution in [3.8, 4) is 22.9 Å². The van der Waals surface area contributed by atoms with E-state index in [0.717, 1.165) is 16.7 Å². The average molecular weight is 368 g/mol. The van der Waals surface area contributed by atoms with E-state index in [1.54, 1.807) is 13.2 Å². The van der Waals surface area contributed by atoms with E-state index in [1.807, 2.05) is 50.2 Å². The van der Waals surface area contributed by atoms with Crippen LogP contribution in [0.4, 0.5) is 0 Å². The summed E-state index contributed by atoms with van der Waals surface area (Å²) in [7, 11) is 1.54. The molecule has 0 radical (unpaired) electrons. The molecule has 0 saturated heterocycles. The number of ether oxygens (including phenoxy) is 3. The van der Waals surface area contributed by atoms with E-state index >= 15 is 0 Å². The Morgan fingerprint density at radius 3 is 2.52 bits per heavy atom. The van der Waals surface area contributed by atoms with Crippen LogP contribution in [-0.4, -0.2) is 29.8 Å². The predicted molar refractivity (Wildman–Crippen MR) is 97.5 cm³/mol. The van der Waals surface area contributed by atoms with Gasteiger partial charge in [0, 0.05) is 5.56 Å². The molecule has 0 spiro atoms. The summed E-state index contributed by atoms with van der Waals surface area (Å²) in [6.45, 7) is 3.57. The van der Waals surface area contributed by atoms with Crippen LogP contribution < -0.4 is 9.47 Å². The maximum Gasteiger partial charge on any atom is 0.344 e. The van der Waals surface area contributed by atoms with Crippen molar-refractivity contribution in [3.63, 3.8) is 0 Å². The minimum atomic E-state index is -0.548. The van der Waals surface area contributed by atoms with Crippen LogP contribution in [0.5, 0.6) is 11.5 Å². The quantitative estimate of drug-likeness (QED) is 0.590. The first kappa shape index (κ1) is 18.4. The predicted octanol–water partition coefficient (Wildman–Crippen LogP) is 3.48. The van der Waals surface area contributed by atoms with Crippen molar-refractivity contribution in [1.82, 2.24) is 10.1 Å². The molecule has 27 heavy (non-hydrogen) atoms. The van der Waals surface area contributed by atoms with Crippen molar-refractivity contribution in [1.29, 1.82) is 0 Å². The fourth-order valence-electron chi connectivity index (χ4n) is 2.35. The molecule has 0 aliphatic heterocycles. The number of hydrogen-bond acceptors (Lipinski definition) is 7. The lowest BCUT2D eigenvalue weighted by Crippen LogP contribution is -2.15. The summed E-state index contributed by atoms with van der Waals surface area (Å²) >= 11 is 0. The van der Waals surface area contributed by atoms with E-state index in [0.29, 0.717) is 17.3 Å². The molecule has 0 saturated carbocycles. The number of esters is 1. The van der Waals surface area contributed by atoms with Crippen molar-refractivity contribution >= 4 is 5.97 Å². The van der Waals surface area contributed by atoms with Crippen LogP contribution >= 0.6 is 0 Å². The molecule has 0 aliphatic rings. The molecule has 2 aromatic carbocycles. The molecule has 140 valence electrons. The highest BCUT2D eigenvalue weighted by Crippen LogP contribution is 2.27. The Hall–Kier alpha value is -3.35. The molecule has 0 aliphatic carbocycles. The molecule has 7 nitrogen and oxygen atoms in total. The molecule has 3 aromatic rings. The number of carbonyl (C=O) groups excluding carboxylic acids is 1. The number of aromatic nitrogens is 2. The first-order valence-corrected chi connectivity index (χ1v) is 8.38. The summed E-state index contributed by atoms with van der Waals surface area (Å²) in [5.74, 6) is 1.14. The van der Waals surface area contributed by atoms with Gasteiger partial charge in [0.05, 0.1) is 7.11 Å². The van der Waals surface area contributed by atoms with E-state index < -0.39 is 5.97 Å². The number of carbonyl (C=O) groups is 1. The average Bonchev–Trinajstić information content (AvgIpc) is 3.15. The monoisotopic (exact) mass is 368 g/mol. The Balaban J connectivity index is 1.52. The lowest BCUT2D eigenvalue weighted by atomic mass is 10.1. The normalized spacial score (nSPS) is 10.5. The number of methoxy groups -OCH3 is 1. The van der Waals surface area contributed by atoms with Crippen LogP contribution in [0.1, 0.15) is 17.0 Å². The van der Waals surface area contributed by atoms with Crippen molar-refractivity contribution in [2.24, 2.45) is 0 Å². The zero-order valence-corrected chi connectivity index (χ0v) is 15.4. The van der Waals surface area contributed by atoms with Crippen LogP contribution in [0, 0.1) is 13.8 Å². The minimum absolute atomic E-state index is 0.119. The Kier molecular flexibility index (Phi) is 5.71. The number of hydrogen-bond donors (Lipinski definition) is 0. The molecule has 7 heteroatoms. The van der Waals surface area contributed by atoms with Gasteiger partial charge in [-0.15, -0.1) is 0 Å². The number of nitrogens with zero attached hydrogens (tertiary/aromatic N) is 2. The Bertz CT molecular complexity index is 918. The van der Waals surface area contributed by atoms with Gasteiger partial charge in [0.1, 0.15) is 0 Å². The van der Waals surface area contributed by atoms with Crippen LogP contribution in [0.15, 0.2) is 47.0 Å². The second-order valence-electron chi connectivity index (χ2n) is 5.98. The van der Waals surface area contributed by atoms with Gasteiger partial charge in [0.15, 0.2) is 24.7 Å². The summed E-state index contributed by atoms with van der Waals surface area (Å²) in [6.07, 6.45) is 0. The molecule has 3 rings (SSSR count). The summed E-state index contributed by atoms with van der Waals surface area (Å²) in [6, 6.07) is 13.2. The van der Waals surface area contributed by atoms with Crippen LogP contribution in [0.2, 0.25) is 0 Å². The van der Waals surface area contributed by atoms with Crippen molar-refractivity contribution in [2.45, 2.75) is 20.5 Å². The van der Waals surface area contributed by atoms with Crippen LogP contribution in [-0.2, 0) is 16.1 Å². The molecule has 0 bridgehead atoms. The standard InChI is InChI=1S/C20H20N2O5/c1-13-4-7-15(8-5-13)20-21-18(27-22-20)11-26-19(23)12-25-16-9-6-14(2)10-17(16)24-3/h4-10H,11-12H2,1-3H3. The third kappa shape index (κ3) is 4.84. The van der Waals surface area contributed by atoms with Crippen LogP contribution in [0.3, 0.4) is 0 Å². The molecule has 0 atom stereocenters.